The van der Waals surface area contributed by atoms with E-state index in [2.05, 4.69) is 18.7 Å². The quantitative estimate of drug-likeness (QED) is 0.879. The van der Waals surface area contributed by atoms with E-state index in [-0.39, 0.29) is 5.91 Å². The van der Waals surface area contributed by atoms with E-state index in [1.54, 1.807) is 42.3 Å². The van der Waals surface area contributed by atoms with Crippen molar-refractivity contribution in [3.63, 3.8) is 0 Å². The van der Waals surface area contributed by atoms with Crippen LogP contribution in [0.4, 0.5) is 0 Å². The van der Waals surface area contributed by atoms with Gasteiger partial charge in [-0.1, -0.05) is 18.2 Å². The molecule has 0 aliphatic heterocycles. The minimum Gasteiger partial charge on any atom is -0.337 e. The van der Waals surface area contributed by atoms with E-state index in [9.17, 15) is 4.79 Å². The lowest BCUT2D eigenvalue weighted by molar-refractivity contribution is 0.0785. The fourth-order valence-electron chi connectivity index (χ4n) is 1.94. The summed E-state index contributed by atoms with van der Waals surface area (Å²) < 4.78 is 0. The first kappa shape index (κ1) is 14.2. The third-order valence-electron chi connectivity index (χ3n) is 2.92. The number of nitriles is 1. The molecule has 2 aromatic rings. The van der Waals surface area contributed by atoms with Crippen molar-refractivity contribution in [3.05, 3.63) is 65.2 Å². The normalized spacial score (nSPS) is 9.85. The standard InChI is InChI=1S/C16H14N2OS/c1-18(11-13-5-2-4-12(8-13)10-17)16(19)14-6-3-7-15(20)9-14/h2-9,20H,11H2,1H3. The van der Waals surface area contributed by atoms with Crippen LogP contribution in [0.25, 0.3) is 0 Å². The molecule has 0 heterocycles. The number of benzene rings is 2. The van der Waals surface area contributed by atoms with Gasteiger partial charge in [-0.05, 0) is 35.9 Å². The number of nitrogens with zero attached hydrogens (tertiary/aromatic N) is 2. The van der Waals surface area contributed by atoms with E-state index in [1.807, 2.05) is 18.2 Å². The van der Waals surface area contributed by atoms with Gasteiger partial charge in [-0.3, -0.25) is 4.79 Å². The Morgan fingerprint density at radius 3 is 2.70 bits per heavy atom. The first-order valence-electron chi connectivity index (χ1n) is 6.13. The summed E-state index contributed by atoms with van der Waals surface area (Å²) in [7, 11) is 1.74. The minimum absolute atomic E-state index is 0.0664. The number of amides is 1. The Balaban J connectivity index is 2.13. The summed E-state index contributed by atoms with van der Waals surface area (Å²) in [5.41, 5.74) is 2.14. The zero-order chi connectivity index (χ0) is 14.5. The zero-order valence-electron chi connectivity index (χ0n) is 11.1. The summed E-state index contributed by atoms with van der Waals surface area (Å²) in [6, 6.07) is 16.5. The molecule has 1 amide bonds. The lowest BCUT2D eigenvalue weighted by Gasteiger charge is -2.17. The van der Waals surface area contributed by atoms with Crippen LogP contribution >= 0.6 is 12.6 Å². The van der Waals surface area contributed by atoms with Crippen molar-refractivity contribution in [1.29, 1.82) is 5.26 Å². The highest BCUT2D eigenvalue weighted by Gasteiger charge is 2.12. The Labute approximate surface area is 123 Å². The number of rotatable bonds is 3. The second kappa shape index (κ2) is 6.27. The minimum atomic E-state index is -0.0664. The third-order valence-corrected chi connectivity index (χ3v) is 3.19. The van der Waals surface area contributed by atoms with E-state index in [4.69, 9.17) is 5.26 Å². The highest BCUT2D eigenvalue weighted by atomic mass is 32.1. The number of thiol groups is 1. The van der Waals surface area contributed by atoms with Crippen LogP contribution in [-0.2, 0) is 6.54 Å². The van der Waals surface area contributed by atoms with Crippen molar-refractivity contribution >= 4 is 18.5 Å². The van der Waals surface area contributed by atoms with Crippen molar-refractivity contribution in [2.45, 2.75) is 11.4 Å². The number of carbonyl (C=O) groups is 1. The predicted octanol–water partition coefficient (Wildman–Crippen LogP) is 3.12. The molecule has 0 atom stereocenters. The fourth-order valence-corrected chi connectivity index (χ4v) is 2.17. The molecule has 0 spiro atoms. The highest BCUT2D eigenvalue weighted by molar-refractivity contribution is 7.80. The zero-order valence-corrected chi connectivity index (χ0v) is 12.0. The molecule has 0 bridgehead atoms. The monoisotopic (exact) mass is 282 g/mol. The van der Waals surface area contributed by atoms with Crippen LogP contribution < -0.4 is 0 Å². The Bertz CT molecular complexity index is 676. The SMILES string of the molecule is CN(Cc1cccc(C#N)c1)C(=O)c1cccc(S)c1. The van der Waals surface area contributed by atoms with Gasteiger partial charge >= 0.3 is 0 Å². The molecule has 0 radical (unpaired) electrons. The molecule has 20 heavy (non-hydrogen) atoms. The average Bonchev–Trinajstić information content (AvgIpc) is 2.46. The second-order valence-corrected chi connectivity index (χ2v) is 5.04. The van der Waals surface area contributed by atoms with Gasteiger partial charge in [0.05, 0.1) is 11.6 Å². The van der Waals surface area contributed by atoms with Gasteiger partial charge in [-0.25, -0.2) is 0 Å². The molecular weight excluding hydrogens is 268 g/mol. The van der Waals surface area contributed by atoms with Gasteiger partial charge in [-0.15, -0.1) is 12.6 Å². The molecule has 100 valence electrons. The van der Waals surface area contributed by atoms with E-state index >= 15 is 0 Å². The molecule has 3 nitrogen and oxygen atoms in total. The van der Waals surface area contributed by atoms with Crippen LogP contribution in [0.15, 0.2) is 53.4 Å². The fraction of sp³-hybridized carbons (Fsp3) is 0.125. The van der Waals surface area contributed by atoms with Crippen molar-refractivity contribution in [2.75, 3.05) is 7.05 Å². The Morgan fingerprint density at radius 1 is 1.25 bits per heavy atom. The van der Waals surface area contributed by atoms with Gasteiger partial charge in [0.2, 0.25) is 0 Å². The largest absolute Gasteiger partial charge is 0.337 e. The molecule has 0 saturated carbocycles. The van der Waals surface area contributed by atoms with E-state index in [0.717, 1.165) is 10.5 Å². The van der Waals surface area contributed by atoms with Gasteiger partial charge in [0.25, 0.3) is 5.91 Å². The summed E-state index contributed by atoms with van der Waals surface area (Å²) in [4.78, 5) is 14.7. The van der Waals surface area contributed by atoms with Crippen molar-refractivity contribution in [2.24, 2.45) is 0 Å². The number of hydrogen-bond acceptors (Lipinski definition) is 3. The maximum Gasteiger partial charge on any atom is 0.253 e. The van der Waals surface area contributed by atoms with Crippen LogP contribution in [0.3, 0.4) is 0 Å². The Morgan fingerprint density at radius 2 is 2.00 bits per heavy atom. The number of carbonyl (C=O) groups excluding carboxylic acids is 1. The molecule has 0 saturated heterocycles. The van der Waals surface area contributed by atoms with Crippen LogP contribution in [0.2, 0.25) is 0 Å². The summed E-state index contributed by atoms with van der Waals surface area (Å²) in [6.07, 6.45) is 0. The first-order valence-corrected chi connectivity index (χ1v) is 6.58. The molecule has 0 unspecified atom stereocenters. The van der Waals surface area contributed by atoms with Gasteiger partial charge in [-0.2, -0.15) is 5.26 Å². The molecule has 0 aliphatic carbocycles. The highest BCUT2D eigenvalue weighted by Crippen LogP contribution is 2.13. The summed E-state index contributed by atoms with van der Waals surface area (Å²) in [5, 5.41) is 8.87. The van der Waals surface area contributed by atoms with Gasteiger partial charge < -0.3 is 4.90 Å². The van der Waals surface area contributed by atoms with Gasteiger partial charge in [0.15, 0.2) is 0 Å². The summed E-state index contributed by atoms with van der Waals surface area (Å²) in [6.45, 7) is 0.463. The molecule has 0 N–H and O–H groups in total. The maximum absolute atomic E-state index is 12.3. The molecular formula is C16H14N2OS. The first-order chi connectivity index (χ1) is 9.60. The second-order valence-electron chi connectivity index (χ2n) is 4.52. The lowest BCUT2D eigenvalue weighted by atomic mass is 10.1. The molecule has 4 heteroatoms. The van der Waals surface area contributed by atoms with Crippen molar-refractivity contribution < 1.29 is 4.79 Å². The van der Waals surface area contributed by atoms with Gasteiger partial charge in [0.1, 0.15) is 0 Å². The average molecular weight is 282 g/mol. The third kappa shape index (κ3) is 3.40. The molecule has 0 aromatic heterocycles. The van der Waals surface area contributed by atoms with Crippen LogP contribution in [0.5, 0.6) is 0 Å². The Kier molecular flexibility index (Phi) is 4.44. The topological polar surface area (TPSA) is 44.1 Å². The molecule has 0 fully saturated rings. The van der Waals surface area contributed by atoms with Crippen molar-refractivity contribution in [1.82, 2.24) is 4.90 Å². The lowest BCUT2D eigenvalue weighted by Crippen LogP contribution is -2.26. The van der Waals surface area contributed by atoms with E-state index in [0.29, 0.717) is 17.7 Å². The molecule has 2 aromatic carbocycles. The smallest absolute Gasteiger partial charge is 0.253 e. The van der Waals surface area contributed by atoms with Gasteiger partial charge in [0, 0.05) is 24.1 Å². The Hall–Kier alpha value is -2.25. The summed E-state index contributed by atoms with van der Waals surface area (Å²) >= 11 is 4.24. The molecule has 2 rings (SSSR count). The number of hydrogen-bond donors (Lipinski definition) is 1. The van der Waals surface area contributed by atoms with E-state index < -0.39 is 0 Å². The summed E-state index contributed by atoms with van der Waals surface area (Å²) in [5.74, 6) is -0.0664. The maximum atomic E-state index is 12.3. The van der Waals surface area contributed by atoms with Crippen LogP contribution in [-0.4, -0.2) is 17.9 Å². The van der Waals surface area contributed by atoms with E-state index in [1.165, 1.54) is 0 Å². The van der Waals surface area contributed by atoms with Crippen molar-refractivity contribution in [3.8, 4) is 6.07 Å². The van der Waals surface area contributed by atoms with Crippen LogP contribution in [0.1, 0.15) is 21.5 Å². The molecule has 0 aliphatic rings. The predicted molar refractivity (Wildman–Crippen MR) is 80.6 cm³/mol. The van der Waals surface area contributed by atoms with Crippen LogP contribution in [0, 0.1) is 11.3 Å².